The van der Waals surface area contributed by atoms with Crippen molar-refractivity contribution in [3.8, 4) is 39.8 Å². The van der Waals surface area contributed by atoms with Gasteiger partial charge in [-0.15, -0.1) is 0 Å². The summed E-state index contributed by atoms with van der Waals surface area (Å²) in [6, 6.07) is 15.4. The number of benzene rings is 2. The number of rotatable bonds is 7. The van der Waals surface area contributed by atoms with Gasteiger partial charge in [0, 0.05) is 5.56 Å². The summed E-state index contributed by atoms with van der Waals surface area (Å²) in [6.45, 7) is 3.12. The highest BCUT2D eigenvalue weighted by Crippen LogP contribution is 2.27. The number of fused-ring (bicyclic) bond motifs is 1. The fourth-order valence-electron chi connectivity index (χ4n) is 3.45. The van der Waals surface area contributed by atoms with Crippen LogP contribution < -0.4 is 4.74 Å². The molecule has 34 heavy (non-hydrogen) atoms. The number of aromatic nitrogens is 6. The van der Waals surface area contributed by atoms with Crippen molar-refractivity contribution in [2.24, 2.45) is 0 Å². The predicted molar refractivity (Wildman–Crippen MR) is 122 cm³/mol. The Kier molecular flexibility index (Phi) is 5.90. The molecule has 3 aromatic rings. The first-order valence-electron chi connectivity index (χ1n) is 10.8. The van der Waals surface area contributed by atoms with Crippen LogP contribution in [-0.4, -0.2) is 36.6 Å². The molecule has 0 N–H and O–H groups in total. The van der Waals surface area contributed by atoms with Crippen LogP contribution in [0.25, 0.3) is 34.0 Å². The summed E-state index contributed by atoms with van der Waals surface area (Å²) in [6.07, 6.45) is 4.18. The summed E-state index contributed by atoms with van der Waals surface area (Å²) in [5.41, 5.74) is 3.42. The Balaban J connectivity index is 1.32. The monoisotopic (exact) mass is 458 g/mol. The Morgan fingerprint density at radius 1 is 0.882 bits per heavy atom. The first kappa shape index (κ1) is 21.6. The van der Waals surface area contributed by atoms with Gasteiger partial charge in [-0.3, -0.25) is 4.68 Å². The zero-order valence-electron chi connectivity index (χ0n) is 18.3. The van der Waals surface area contributed by atoms with Crippen molar-refractivity contribution < 1.29 is 13.5 Å². The van der Waals surface area contributed by atoms with Crippen LogP contribution in [-0.2, 0) is 6.54 Å². The van der Waals surface area contributed by atoms with E-state index in [9.17, 15) is 8.78 Å². The number of halogens is 2. The third-order valence-electron chi connectivity index (χ3n) is 5.17. The van der Waals surface area contributed by atoms with E-state index < -0.39 is 11.6 Å². The van der Waals surface area contributed by atoms with Crippen LogP contribution in [0.5, 0.6) is 5.75 Å². The van der Waals surface area contributed by atoms with Crippen molar-refractivity contribution in [3.05, 3.63) is 84.3 Å². The van der Waals surface area contributed by atoms with Crippen LogP contribution in [0.2, 0.25) is 0 Å². The molecule has 0 aliphatic carbocycles. The molecule has 2 aliphatic rings. The van der Waals surface area contributed by atoms with E-state index in [1.165, 1.54) is 18.3 Å². The van der Waals surface area contributed by atoms with E-state index in [-0.39, 0.29) is 11.4 Å². The molecule has 0 unspecified atom stereocenters. The molecule has 3 heterocycles. The van der Waals surface area contributed by atoms with Crippen molar-refractivity contribution in [2.75, 3.05) is 6.61 Å². The summed E-state index contributed by atoms with van der Waals surface area (Å²) < 4.78 is 34.9. The third-order valence-corrected chi connectivity index (χ3v) is 5.17. The predicted octanol–water partition coefficient (Wildman–Crippen LogP) is 5.02. The summed E-state index contributed by atoms with van der Waals surface area (Å²) in [5, 5.41) is 13.0. The van der Waals surface area contributed by atoms with E-state index in [4.69, 9.17) is 4.74 Å². The van der Waals surface area contributed by atoms with E-state index in [1.807, 2.05) is 36.4 Å². The fourth-order valence-corrected chi connectivity index (χ4v) is 3.45. The van der Waals surface area contributed by atoms with Crippen LogP contribution in [0, 0.1) is 11.6 Å². The van der Waals surface area contributed by atoms with Gasteiger partial charge in [-0.25, -0.2) is 18.7 Å². The van der Waals surface area contributed by atoms with Gasteiger partial charge in [-0.2, -0.15) is 15.3 Å². The van der Waals surface area contributed by atoms with E-state index in [0.29, 0.717) is 30.2 Å². The van der Waals surface area contributed by atoms with Crippen LogP contribution >= 0.6 is 0 Å². The normalized spacial score (nSPS) is 11.1. The SMILES string of the molecule is CCCOc1ccc(-c2ccc(Cn3cc4nc(-c5cccc(F)c5F)nc-4cn3)nn2)cc1. The maximum Gasteiger partial charge on any atom is 0.169 e. The maximum atomic E-state index is 14.1. The highest BCUT2D eigenvalue weighted by Gasteiger charge is 2.18. The molecule has 0 bridgehead atoms. The molecule has 7 nitrogen and oxygen atoms in total. The average Bonchev–Trinajstić information content (AvgIpc) is 3.28. The lowest BCUT2D eigenvalue weighted by molar-refractivity contribution is 0.317. The number of nitrogens with zero attached hydrogens (tertiary/aromatic N) is 6. The van der Waals surface area contributed by atoms with Crippen LogP contribution in [0.15, 0.2) is 67.0 Å². The van der Waals surface area contributed by atoms with Gasteiger partial charge in [-0.05, 0) is 55.0 Å². The second-order valence-electron chi connectivity index (χ2n) is 7.67. The molecule has 0 atom stereocenters. The van der Waals surface area contributed by atoms with Gasteiger partial charge in [0.2, 0.25) is 0 Å². The van der Waals surface area contributed by atoms with Crippen LogP contribution in [0.4, 0.5) is 8.78 Å². The lowest BCUT2D eigenvalue weighted by atomic mass is 10.1. The van der Waals surface area contributed by atoms with Gasteiger partial charge in [0.15, 0.2) is 17.5 Å². The molecule has 0 saturated heterocycles. The van der Waals surface area contributed by atoms with Crippen molar-refractivity contribution in [2.45, 2.75) is 19.9 Å². The van der Waals surface area contributed by atoms with E-state index in [1.54, 1.807) is 10.9 Å². The minimum Gasteiger partial charge on any atom is -0.494 e. The zero-order chi connectivity index (χ0) is 23.5. The van der Waals surface area contributed by atoms with Crippen molar-refractivity contribution in [3.63, 3.8) is 0 Å². The topological polar surface area (TPSA) is 78.6 Å². The quantitative estimate of drug-likeness (QED) is 0.341. The first-order valence-corrected chi connectivity index (χ1v) is 10.8. The fraction of sp³-hybridized carbons (Fsp3) is 0.160. The lowest BCUT2D eigenvalue weighted by Crippen LogP contribution is -2.07. The molecule has 0 saturated carbocycles. The molecule has 170 valence electrons. The Morgan fingerprint density at radius 3 is 2.47 bits per heavy atom. The number of ether oxygens (including phenoxy) is 1. The van der Waals surface area contributed by atoms with E-state index >= 15 is 0 Å². The van der Waals surface area contributed by atoms with Gasteiger partial charge in [-0.1, -0.05) is 13.0 Å². The Hall–Kier alpha value is -4.27. The largest absolute Gasteiger partial charge is 0.494 e. The molecule has 5 rings (SSSR count). The minimum absolute atomic E-state index is 0.00849. The lowest BCUT2D eigenvalue weighted by Gasteiger charge is -2.07. The Bertz CT molecular complexity index is 1390. The van der Waals surface area contributed by atoms with Crippen LogP contribution in [0.3, 0.4) is 0 Å². The maximum absolute atomic E-state index is 14.1. The van der Waals surface area contributed by atoms with E-state index in [2.05, 4.69) is 32.2 Å². The summed E-state index contributed by atoms with van der Waals surface area (Å²) >= 11 is 0. The number of imidazole rings is 1. The van der Waals surface area contributed by atoms with Gasteiger partial charge in [0.05, 0.1) is 42.5 Å². The van der Waals surface area contributed by atoms with Gasteiger partial charge in [0.25, 0.3) is 0 Å². The third kappa shape index (κ3) is 4.45. The van der Waals surface area contributed by atoms with Gasteiger partial charge >= 0.3 is 0 Å². The second kappa shape index (κ2) is 9.30. The molecule has 9 heteroatoms. The zero-order valence-corrected chi connectivity index (χ0v) is 18.3. The first-order chi connectivity index (χ1) is 16.6. The van der Waals surface area contributed by atoms with E-state index in [0.717, 1.165) is 29.5 Å². The molecule has 0 fully saturated rings. The standard InChI is InChI=1S/C25H20F2N6O/c1-2-12-34-18-9-6-16(7-10-18)21-11-8-17(31-32-21)14-33-15-23-22(13-28-33)29-25(30-23)19-4-3-5-20(26)24(19)27/h3-11,13,15H,2,12,14H2,1H3. The smallest absolute Gasteiger partial charge is 0.169 e. The van der Waals surface area contributed by atoms with Crippen LogP contribution in [0.1, 0.15) is 19.0 Å². The molecular weight excluding hydrogens is 438 g/mol. The Labute approximate surface area is 194 Å². The number of hydrogen-bond donors (Lipinski definition) is 0. The van der Waals surface area contributed by atoms with Gasteiger partial charge < -0.3 is 4.74 Å². The molecule has 1 aromatic heterocycles. The molecule has 0 spiro atoms. The highest BCUT2D eigenvalue weighted by atomic mass is 19.2. The molecule has 2 aromatic carbocycles. The highest BCUT2D eigenvalue weighted by molar-refractivity contribution is 5.65. The molecule has 0 amide bonds. The van der Waals surface area contributed by atoms with Crippen molar-refractivity contribution in [1.29, 1.82) is 0 Å². The summed E-state index contributed by atoms with van der Waals surface area (Å²) in [5.74, 6) is -0.978. The van der Waals surface area contributed by atoms with Crippen molar-refractivity contribution in [1.82, 2.24) is 29.9 Å². The minimum atomic E-state index is -0.975. The molecular formula is C25H20F2N6O. The average molecular weight is 458 g/mol. The summed E-state index contributed by atoms with van der Waals surface area (Å²) in [7, 11) is 0. The number of hydrogen-bond acceptors (Lipinski definition) is 6. The molecule has 2 aliphatic heterocycles. The summed E-state index contributed by atoms with van der Waals surface area (Å²) in [4.78, 5) is 8.61. The molecule has 0 radical (unpaired) electrons. The second-order valence-corrected chi connectivity index (χ2v) is 7.67. The van der Waals surface area contributed by atoms with Gasteiger partial charge in [0.1, 0.15) is 17.1 Å². The van der Waals surface area contributed by atoms with Crippen molar-refractivity contribution >= 4 is 0 Å². The Morgan fingerprint density at radius 2 is 1.71 bits per heavy atom.